The maximum Gasteiger partial charge on any atom is 0.124 e. The Morgan fingerprint density at radius 2 is 2.17 bits per heavy atom. The molecule has 0 aliphatic rings. The van der Waals surface area contributed by atoms with E-state index < -0.39 is 0 Å². The predicted molar refractivity (Wildman–Crippen MR) is 72.0 cm³/mol. The number of ether oxygens (including phenoxy) is 1. The Kier molecular flexibility index (Phi) is 4.05. The second-order valence-electron chi connectivity index (χ2n) is 4.29. The van der Waals surface area contributed by atoms with E-state index in [1.165, 1.54) is 5.56 Å². The summed E-state index contributed by atoms with van der Waals surface area (Å²) in [6, 6.07) is 8.30. The highest BCUT2D eigenvalue weighted by Gasteiger charge is 2.18. The van der Waals surface area contributed by atoms with Crippen molar-refractivity contribution in [3.05, 3.63) is 53.5 Å². The second-order valence-corrected chi connectivity index (χ2v) is 4.29. The Bertz CT molecular complexity index is 491. The highest BCUT2D eigenvalue weighted by molar-refractivity contribution is 5.43. The Morgan fingerprint density at radius 1 is 1.33 bits per heavy atom. The molecule has 1 aromatic carbocycles. The third-order valence-corrected chi connectivity index (χ3v) is 2.98. The van der Waals surface area contributed by atoms with Crippen LogP contribution >= 0.6 is 0 Å². The third kappa shape index (κ3) is 2.57. The van der Waals surface area contributed by atoms with E-state index in [1.807, 2.05) is 12.1 Å². The van der Waals surface area contributed by atoms with E-state index in [0.29, 0.717) is 0 Å². The molecule has 3 heteroatoms. The highest BCUT2D eigenvalue weighted by Crippen LogP contribution is 2.31. The van der Waals surface area contributed by atoms with Crippen LogP contribution in [0.1, 0.15) is 29.7 Å². The number of hydrogen-bond donors (Lipinski definition) is 1. The van der Waals surface area contributed by atoms with Crippen LogP contribution in [0.3, 0.4) is 0 Å². The maximum absolute atomic E-state index is 5.46. The van der Waals surface area contributed by atoms with E-state index in [4.69, 9.17) is 9.15 Å². The van der Waals surface area contributed by atoms with Crippen LogP contribution in [0.2, 0.25) is 0 Å². The summed E-state index contributed by atoms with van der Waals surface area (Å²) in [5, 5.41) is 3.46. The van der Waals surface area contributed by atoms with Gasteiger partial charge in [0.25, 0.3) is 0 Å². The monoisotopic (exact) mass is 245 g/mol. The van der Waals surface area contributed by atoms with E-state index in [0.717, 1.165) is 23.4 Å². The van der Waals surface area contributed by atoms with Crippen LogP contribution in [-0.4, -0.2) is 13.7 Å². The first kappa shape index (κ1) is 12.7. The molecule has 0 radical (unpaired) electrons. The topological polar surface area (TPSA) is 34.4 Å². The van der Waals surface area contributed by atoms with Gasteiger partial charge in [-0.15, -0.1) is 0 Å². The van der Waals surface area contributed by atoms with E-state index >= 15 is 0 Å². The fourth-order valence-electron chi connectivity index (χ4n) is 2.13. The lowest BCUT2D eigenvalue weighted by Crippen LogP contribution is -2.22. The molecular formula is C15H19NO2. The van der Waals surface area contributed by atoms with Gasteiger partial charge < -0.3 is 14.5 Å². The zero-order valence-corrected chi connectivity index (χ0v) is 11.1. The summed E-state index contributed by atoms with van der Waals surface area (Å²) in [4.78, 5) is 0. The first-order chi connectivity index (χ1) is 8.76. The molecule has 0 amide bonds. The number of rotatable bonds is 5. The van der Waals surface area contributed by atoms with Gasteiger partial charge in [-0.3, -0.25) is 0 Å². The van der Waals surface area contributed by atoms with Crippen molar-refractivity contribution in [2.45, 2.75) is 19.9 Å². The standard InChI is InChI=1S/C15H19NO2/c1-4-16-15(12-7-8-18-10-12)13-9-11(2)5-6-14(13)17-3/h5-10,15-16H,4H2,1-3H3. The molecule has 96 valence electrons. The van der Waals surface area contributed by atoms with E-state index in [2.05, 4.69) is 31.3 Å². The van der Waals surface area contributed by atoms with Crippen LogP contribution in [0, 0.1) is 6.92 Å². The number of furan rings is 1. The van der Waals surface area contributed by atoms with Crippen LogP contribution in [-0.2, 0) is 0 Å². The normalized spacial score (nSPS) is 12.4. The molecule has 2 aromatic rings. The Labute approximate surface area is 108 Å². The summed E-state index contributed by atoms with van der Waals surface area (Å²) in [6.07, 6.45) is 3.47. The Balaban J connectivity index is 2.45. The smallest absolute Gasteiger partial charge is 0.124 e. The second kappa shape index (κ2) is 5.74. The van der Waals surface area contributed by atoms with Crippen LogP contribution < -0.4 is 10.1 Å². The van der Waals surface area contributed by atoms with Gasteiger partial charge in [0, 0.05) is 11.1 Å². The molecule has 0 aliphatic carbocycles. The van der Waals surface area contributed by atoms with Crippen LogP contribution in [0.15, 0.2) is 41.2 Å². The highest BCUT2D eigenvalue weighted by atomic mass is 16.5. The quantitative estimate of drug-likeness (QED) is 0.877. The van der Waals surface area contributed by atoms with Gasteiger partial charge in [-0.2, -0.15) is 0 Å². The maximum atomic E-state index is 5.46. The van der Waals surface area contributed by atoms with Crippen molar-refractivity contribution >= 4 is 0 Å². The van der Waals surface area contributed by atoms with Gasteiger partial charge in [-0.05, 0) is 25.6 Å². The van der Waals surface area contributed by atoms with Crippen molar-refractivity contribution in [3.63, 3.8) is 0 Å². The van der Waals surface area contributed by atoms with Gasteiger partial charge in [0.1, 0.15) is 5.75 Å². The SMILES string of the molecule is CCNC(c1ccoc1)c1cc(C)ccc1OC. The van der Waals surface area contributed by atoms with Crippen LogP contribution in [0.25, 0.3) is 0 Å². The number of hydrogen-bond acceptors (Lipinski definition) is 3. The zero-order valence-electron chi connectivity index (χ0n) is 11.1. The van der Waals surface area contributed by atoms with Crippen molar-refractivity contribution in [3.8, 4) is 5.75 Å². The van der Waals surface area contributed by atoms with E-state index in [1.54, 1.807) is 19.6 Å². The molecule has 1 N–H and O–H groups in total. The number of methoxy groups -OCH3 is 1. The molecule has 1 unspecified atom stereocenters. The molecule has 1 atom stereocenters. The zero-order chi connectivity index (χ0) is 13.0. The third-order valence-electron chi connectivity index (χ3n) is 2.98. The first-order valence-electron chi connectivity index (χ1n) is 6.16. The van der Waals surface area contributed by atoms with Gasteiger partial charge in [0.15, 0.2) is 0 Å². The minimum atomic E-state index is 0.101. The van der Waals surface area contributed by atoms with Gasteiger partial charge in [-0.25, -0.2) is 0 Å². The number of benzene rings is 1. The van der Waals surface area contributed by atoms with Crippen molar-refractivity contribution in [1.82, 2.24) is 5.32 Å². The summed E-state index contributed by atoms with van der Waals surface area (Å²) in [5.41, 5.74) is 3.47. The summed E-state index contributed by atoms with van der Waals surface area (Å²) in [7, 11) is 1.70. The molecule has 1 heterocycles. The lowest BCUT2D eigenvalue weighted by molar-refractivity contribution is 0.404. The molecule has 2 rings (SSSR count). The first-order valence-corrected chi connectivity index (χ1v) is 6.16. The van der Waals surface area contributed by atoms with Gasteiger partial charge in [0.05, 0.1) is 25.7 Å². The Morgan fingerprint density at radius 3 is 2.78 bits per heavy atom. The largest absolute Gasteiger partial charge is 0.496 e. The van der Waals surface area contributed by atoms with Crippen molar-refractivity contribution in [1.29, 1.82) is 0 Å². The summed E-state index contributed by atoms with van der Waals surface area (Å²) in [6.45, 7) is 5.06. The molecule has 3 nitrogen and oxygen atoms in total. The average molecular weight is 245 g/mol. The summed E-state index contributed by atoms with van der Waals surface area (Å²) in [5.74, 6) is 0.896. The molecule has 0 spiro atoms. The molecule has 0 saturated carbocycles. The van der Waals surface area contributed by atoms with Crippen molar-refractivity contribution in [2.24, 2.45) is 0 Å². The van der Waals surface area contributed by atoms with Crippen molar-refractivity contribution < 1.29 is 9.15 Å². The predicted octanol–water partition coefficient (Wildman–Crippen LogP) is 3.30. The average Bonchev–Trinajstić information content (AvgIpc) is 2.89. The lowest BCUT2D eigenvalue weighted by atomic mass is 9.98. The van der Waals surface area contributed by atoms with E-state index in [9.17, 15) is 0 Å². The van der Waals surface area contributed by atoms with E-state index in [-0.39, 0.29) is 6.04 Å². The van der Waals surface area contributed by atoms with Crippen LogP contribution in [0.5, 0.6) is 5.75 Å². The van der Waals surface area contributed by atoms with Gasteiger partial charge in [0.2, 0.25) is 0 Å². The minimum absolute atomic E-state index is 0.101. The molecular weight excluding hydrogens is 226 g/mol. The molecule has 0 fully saturated rings. The molecule has 0 aliphatic heterocycles. The van der Waals surface area contributed by atoms with Crippen molar-refractivity contribution in [2.75, 3.05) is 13.7 Å². The minimum Gasteiger partial charge on any atom is -0.496 e. The summed E-state index contributed by atoms with van der Waals surface area (Å²) >= 11 is 0. The fraction of sp³-hybridized carbons (Fsp3) is 0.333. The number of nitrogens with one attached hydrogen (secondary N) is 1. The number of aryl methyl sites for hydroxylation is 1. The molecule has 18 heavy (non-hydrogen) atoms. The molecule has 0 bridgehead atoms. The summed E-state index contributed by atoms with van der Waals surface area (Å²) < 4.78 is 10.6. The molecule has 1 aromatic heterocycles. The Hall–Kier alpha value is -1.74. The fourth-order valence-corrected chi connectivity index (χ4v) is 2.13. The molecule has 0 saturated heterocycles. The van der Waals surface area contributed by atoms with Gasteiger partial charge >= 0.3 is 0 Å². The van der Waals surface area contributed by atoms with Gasteiger partial charge in [-0.1, -0.05) is 24.6 Å². The lowest BCUT2D eigenvalue weighted by Gasteiger charge is -2.20. The van der Waals surface area contributed by atoms with Crippen LogP contribution in [0.4, 0.5) is 0 Å².